The van der Waals surface area contributed by atoms with E-state index in [-0.39, 0.29) is 5.96 Å². The summed E-state index contributed by atoms with van der Waals surface area (Å²) in [7, 11) is 0. The summed E-state index contributed by atoms with van der Waals surface area (Å²) in [4.78, 5) is 11.9. The van der Waals surface area contributed by atoms with E-state index in [0.717, 1.165) is 19.4 Å². The Labute approximate surface area is 94.2 Å². The van der Waals surface area contributed by atoms with Gasteiger partial charge in [0.15, 0.2) is 5.96 Å². The average molecular weight is 223 g/mol. The second-order valence-corrected chi connectivity index (χ2v) is 3.25. The number of nitrogen functional groups attached to an aromatic ring is 1. The van der Waals surface area contributed by atoms with E-state index in [1.54, 1.807) is 12.3 Å². The van der Waals surface area contributed by atoms with Crippen molar-refractivity contribution >= 4 is 17.7 Å². The van der Waals surface area contributed by atoms with Crippen LogP contribution in [0.1, 0.15) is 12.8 Å². The second kappa shape index (κ2) is 6.44. The summed E-state index contributed by atoms with van der Waals surface area (Å²) in [5, 5.41) is 3.06. The van der Waals surface area contributed by atoms with Crippen molar-refractivity contribution in [1.29, 1.82) is 0 Å². The molecule has 0 aliphatic carbocycles. The van der Waals surface area contributed by atoms with Gasteiger partial charge in [-0.15, -0.1) is 0 Å². The highest BCUT2D eigenvalue weighted by molar-refractivity contribution is 5.75. The van der Waals surface area contributed by atoms with Crippen LogP contribution in [0, 0.1) is 0 Å². The summed E-state index contributed by atoms with van der Waals surface area (Å²) >= 11 is 0. The fraction of sp³-hybridized carbons (Fsp3) is 0.444. The third-order valence-electron chi connectivity index (χ3n) is 1.84. The smallest absolute Gasteiger partial charge is 0.224 e. The standard InChI is InChI=1S/C9H17N7/c10-7-3-6-15-9(16-7)14-5-2-1-4-13-8(11)12/h3,6H,1-2,4-5H2,(H4,11,12,13)(H3,10,14,15,16). The van der Waals surface area contributed by atoms with Gasteiger partial charge in [-0.3, -0.25) is 4.99 Å². The number of aromatic nitrogens is 2. The van der Waals surface area contributed by atoms with Crippen LogP contribution in [-0.2, 0) is 0 Å². The molecule has 0 spiro atoms. The van der Waals surface area contributed by atoms with Gasteiger partial charge in [0.1, 0.15) is 5.82 Å². The SMILES string of the molecule is NC(N)=NCCCCNc1nccc(N)n1. The fourth-order valence-electron chi connectivity index (χ4n) is 1.10. The number of aliphatic imine (C=N–C) groups is 1. The van der Waals surface area contributed by atoms with Crippen molar-refractivity contribution in [2.75, 3.05) is 24.1 Å². The van der Waals surface area contributed by atoms with Crippen LogP contribution in [-0.4, -0.2) is 29.0 Å². The number of hydrogen-bond acceptors (Lipinski definition) is 5. The number of anilines is 2. The highest BCUT2D eigenvalue weighted by atomic mass is 15.1. The maximum Gasteiger partial charge on any atom is 0.224 e. The predicted octanol–water partition coefficient (Wildman–Crippen LogP) is -0.476. The molecular formula is C9H17N7. The van der Waals surface area contributed by atoms with E-state index in [4.69, 9.17) is 17.2 Å². The minimum absolute atomic E-state index is 0.132. The number of nitrogens with one attached hydrogen (secondary N) is 1. The molecule has 0 aliphatic rings. The first kappa shape index (κ1) is 12.0. The summed E-state index contributed by atoms with van der Waals surface area (Å²) in [6.45, 7) is 1.41. The van der Waals surface area contributed by atoms with Crippen LogP contribution in [0.3, 0.4) is 0 Å². The Morgan fingerprint density at radius 3 is 2.88 bits per heavy atom. The lowest BCUT2D eigenvalue weighted by molar-refractivity contribution is 0.769. The average Bonchev–Trinajstić information content (AvgIpc) is 2.23. The molecule has 7 heteroatoms. The lowest BCUT2D eigenvalue weighted by Gasteiger charge is -2.03. The largest absolute Gasteiger partial charge is 0.384 e. The van der Waals surface area contributed by atoms with Gasteiger partial charge in [0.25, 0.3) is 0 Å². The zero-order valence-corrected chi connectivity index (χ0v) is 9.06. The Morgan fingerprint density at radius 2 is 2.19 bits per heavy atom. The number of guanidine groups is 1. The van der Waals surface area contributed by atoms with Crippen LogP contribution in [0.25, 0.3) is 0 Å². The van der Waals surface area contributed by atoms with Crippen LogP contribution in [0.5, 0.6) is 0 Å². The lowest BCUT2D eigenvalue weighted by Crippen LogP contribution is -2.23. The first-order valence-corrected chi connectivity index (χ1v) is 5.06. The minimum Gasteiger partial charge on any atom is -0.384 e. The molecule has 0 unspecified atom stereocenters. The van der Waals surface area contributed by atoms with Crippen molar-refractivity contribution in [3.8, 4) is 0 Å². The molecule has 0 aromatic carbocycles. The summed E-state index contributed by atoms with van der Waals surface area (Å²) in [5.41, 5.74) is 15.9. The monoisotopic (exact) mass is 223 g/mol. The van der Waals surface area contributed by atoms with Crippen molar-refractivity contribution in [2.24, 2.45) is 16.5 Å². The van der Waals surface area contributed by atoms with Crippen molar-refractivity contribution in [2.45, 2.75) is 12.8 Å². The van der Waals surface area contributed by atoms with Crippen LogP contribution in [0.15, 0.2) is 17.3 Å². The molecule has 0 bridgehead atoms. The minimum atomic E-state index is 0.132. The van der Waals surface area contributed by atoms with Gasteiger partial charge in [0.05, 0.1) is 0 Å². The Kier molecular flexibility index (Phi) is 4.84. The topological polar surface area (TPSA) is 128 Å². The molecular weight excluding hydrogens is 206 g/mol. The van der Waals surface area contributed by atoms with Crippen molar-refractivity contribution in [3.63, 3.8) is 0 Å². The highest BCUT2D eigenvalue weighted by Crippen LogP contribution is 2.01. The Bertz CT molecular complexity index is 345. The zero-order valence-electron chi connectivity index (χ0n) is 9.06. The summed E-state index contributed by atoms with van der Waals surface area (Å²) in [5.74, 6) is 1.13. The first-order valence-electron chi connectivity index (χ1n) is 5.06. The van der Waals surface area contributed by atoms with E-state index in [9.17, 15) is 0 Å². The van der Waals surface area contributed by atoms with E-state index in [1.807, 2.05) is 0 Å². The normalized spacial score (nSPS) is 9.75. The molecule has 1 heterocycles. The van der Waals surface area contributed by atoms with Gasteiger partial charge in [-0.2, -0.15) is 4.98 Å². The number of rotatable bonds is 6. The number of nitrogens with two attached hydrogens (primary N) is 3. The lowest BCUT2D eigenvalue weighted by atomic mass is 10.3. The molecule has 16 heavy (non-hydrogen) atoms. The van der Waals surface area contributed by atoms with Gasteiger partial charge in [-0.05, 0) is 18.9 Å². The van der Waals surface area contributed by atoms with Gasteiger partial charge in [-0.1, -0.05) is 0 Å². The van der Waals surface area contributed by atoms with E-state index in [0.29, 0.717) is 18.3 Å². The van der Waals surface area contributed by atoms with Crippen molar-refractivity contribution in [3.05, 3.63) is 12.3 Å². The molecule has 0 atom stereocenters. The molecule has 7 N–H and O–H groups in total. The fourth-order valence-corrected chi connectivity index (χ4v) is 1.10. The Hall–Kier alpha value is -2.05. The molecule has 0 amide bonds. The van der Waals surface area contributed by atoms with Crippen LogP contribution >= 0.6 is 0 Å². The Morgan fingerprint density at radius 1 is 1.38 bits per heavy atom. The van der Waals surface area contributed by atoms with Gasteiger partial charge in [0, 0.05) is 19.3 Å². The van der Waals surface area contributed by atoms with Crippen molar-refractivity contribution < 1.29 is 0 Å². The zero-order chi connectivity index (χ0) is 11.8. The molecule has 1 rings (SSSR count). The quantitative estimate of drug-likeness (QED) is 0.293. The molecule has 0 saturated heterocycles. The van der Waals surface area contributed by atoms with Crippen LogP contribution in [0.2, 0.25) is 0 Å². The van der Waals surface area contributed by atoms with Crippen LogP contribution in [0.4, 0.5) is 11.8 Å². The summed E-state index contributed by atoms with van der Waals surface area (Å²) < 4.78 is 0. The predicted molar refractivity (Wildman–Crippen MR) is 64.8 cm³/mol. The van der Waals surface area contributed by atoms with Gasteiger partial charge < -0.3 is 22.5 Å². The molecule has 88 valence electrons. The third kappa shape index (κ3) is 4.99. The van der Waals surface area contributed by atoms with Crippen LogP contribution < -0.4 is 22.5 Å². The Balaban J connectivity index is 2.14. The van der Waals surface area contributed by atoms with E-state index >= 15 is 0 Å². The summed E-state index contributed by atoms with van der Waals surface area (Å²) in [6, 6.07) is 1.64. The molecule has 7 nitrogen and oxygen atoms in total. The third-order valence-corrected chi connectivity index (χ3v) is 1.84. The maximum atomic E-state index is 5.51. The van der Waals surface area contributed by atoms with Gasteiger partial charge in [-0.25, -0.2) is 4.98 Å². The molecule has 0 fully saturated rings. The second-order valence-electron chi connectivity index (χ2n) is 3.25. The number of nitrogens with zero attached hydrogens (tertiary/aromatic N) is 3. The van der Waals surface area contributed by atoms with E-state index < -0.39 is 0 Å². The van der Waals surface area contributed by atoms with Gasteiger partial charge >= 0.3 is 0 Å². The number of hydrogen-bond donors (Lipinski definition) is 4. The molecule has 0 aliphatic heterocycles. The molecule has 1 aromatic heterocycles. The van der Waals surface area contributed by atoms with Crippen molar-refractivity contribution in [1.82, 2.24) is 9.97 Å². The highest BCUT2D eigenvalue weighted by Gasteiger charge is 1.95. The first-order chi connectivity index (χ1) is 7.68. The molecule has 0 saturated carbocycles. The maximum absolute atomic E-state index is 5.51. The van der Waals surface area contributed by atoms with E-state index in [2.05, 4.69) is 20.3 Å². The van der Waals surface area contributed by atoms with E-state index in [1.165, 1.54) is 0 Å². The molecule has 1 aromatic rings. The number of unbranched alkanes of at least 4 members (excludes halogenated alkanes) is 1. The summed E-state index contributed by atoms with van der Waals surface area (Å²) in [6.07, 6.45) is 3.46. The van der Waals surface area contributed by atoms with Gasteiger partial charge in [0.2, 0.25) is 5.95 Å². The molecule has 0 radical (unpaired) electrons.